The van der Waals surface area contributed by atoms with Crippen molar-refractivity contribution in [2.24, 2.45) is 0 Å². The van der Waals surface area contributed by atoms with Gasteiger partial charge in [-0.15, -0.1) is 0 Å². The lowest BCUT2D eigenvalue weighted by atomic mass is 10.2. The zero-order chi connectivity index (χ0) is 16.1. The van der Waals surface area contributed by atoms with E-state index in [0.717, 1.165) is 22.0 Å². The van der Waals surface area contributed by atoms with Gasteiger partial charge in [0.2, 0.25) is 0 Å². The summed E-state index contributed by atoms with van der Waals surface area (Å²) in [7, 11) is 0.687. The van der Waals surface area contributed by atoms with Gasteiger partial charge in [-0.05, 0) is 12.1 Å². The van der Waals surface area contributed by atoms with E-state index < -0.39 is 10.8 Å². The van der Waals surface area contributed by atoms with E-state index in [1.807, 2.05) is 73.8 Å². The fourth-order valence-electron chi connectivity index (χ4n) is 2.21. The molecular weight excluding hydrogens is 306 g/mol. The lowest BCUT2D eigenvalue weighted by Gasteiger charge is -2.08. The second-order valence-electron chi connectivity index (χ2n) is 4.99. The SMILES string of the molecule is CNc1cc(C[S@@](=O)c2ccccc2)nc(-c2ccccc2)n1. The largest absolute Gasteiger partial charge is 0.373 e. The minimum atomic E-state index is -1.13. The normalized spacial score (nSPS) is 11.9. The topological polar surface area (TPSA) is 54.9 Å². The first kappa shape index (κ1) is 15.4. The minimum Gasteiger partial charge on any atom is -0.373 e. The third-order valence-electron chi connectivity index (χ3n) is 3.35. The van der Waals surface area contributed by atoms with Crippen LogP contribution in [0.15, 0.2) is 71.6 Å². The van der Waals surface area contributed by atoms with Gasteiger partial charge in [0.25, 0.3) is 0 Å². The highest BCUT2D eigenvalue weighted by atomic mass is 32.2. The van der Waals surface area contributed by atoms with Crippen LogP contribution in [0.4, 0.5) is 5.82 Å². The van der Waals surface area contributed by atoms with E-state index >= 15 is 0 Å². The molecule has 1 N–H and O–H groups in total. The maximum Gasteiger partial charge on any atom is 0.161 e. The van der Waals surface area contributed by atoms with Crippen LogP contribution in [0.2, 0.25) is 0 Å². The van der Waals surface area contributed by atoms with Crippen LogP contribution in [0.1, 0.15) is 5.69 Å². The first-order valence-electron chi connectivity index (χ1n) is 7.31. The highest BCUT2D eigenvalue weighted by Crippen LogP contribution is 2.19. The van der Waals surface area contributed by atoms with Gasteiger partial charge in [-0.2, -0.15) is 0 Å². The Morgan fingerprint density at radius 2 is 1.61 bits per heavy atom. The summed E-state index contributed by atoms with van der Waals surface area (Å²) in [5.41, 5.74) is 1.70. The summed E-state index contributed by atoms with van der Waals surface area (Å²) in [6.07, 6.45) is 0. The number of aromatic nitrogens is 2. The molecule has 0 fully saturated rings. The Morgan fingerprint density at radius 3 is 2.26 bits per heavy atom. The number of benzene rings is 2. The van der Waals surface area contributed by atoms with Crippen molar-refractivity contribution in [2.75, 3.05) is 12.4 Å². The van der Waals surface area contributed by atoms with Crippen LogP contribution < -0.4 is 5.32 Å². The molecule has 1 atom stereocenters. The molecule has 0 unspecified atom stereocenters. The van der Waals surface area contributed by atoms with Gasteiger partial charge >= 0.3 is 0 Å². The van der Waals surface area contributed by atoms with E-state index in [9.17, 15) is 4.21 Å². The number of rotatable bonds is 5. The van der Waals surface area contributed by atoms with Gasteiger partial charge in [0.05, 0.1) is 22.2 Å². The van der Waals surface area contributed by atoms with Crippen molar-refractivity contribution in [2.45, 2.75) is 10.6 Å². The van der Waals surface area contributed by atoms with E-state index in [2.05, 4.69) is 15.3 Å². The van der Waals surface area contributed by atoms with Crippen LogP contribution in [0.25, 0.3) is 11.4 Å². The maximum absolute atomic E-state index is 12.5. The quantitative estimate of drug-likeness (QED) is 0.781. The van der Waals surface area contributed by atoms with Crippen LogP contribution in [0, 0.1) is 0 Å². The highest BCUT2D eigenvalue weighted by molar-refractivity contribution is 7.84. The zero-order valence-corrected chi connectivity index (χ0v) is 13.6. The molecule has 1 heterocycles. The molecule has 0 aliphatic rings. The summed E-state index contributed by atoms with van der Waals surface area (Å²) in [6.45, 7) is 0. The molecule has 23 heavy (non-hydrogen) atoms. The first-order chi connectivity index (χ1) is 11.3. The van der Waals surface area contributed by atoms with Gasteiger partial charge in [0.1, 0.15) is 5.82 Å². The Balaban J connectivity index is 1.92. The van der Waals surface area contributed by atoms with Crippen LogP contribution in [0.3, 0.4) is 0 Å². The van der Waals surface area contributed by atoms with Gasteiger partial charge in [0, 0.05) is 23.6 Å². The van der Waals surface area contributed by atoms with Crippen LogP contribution in [0.5, 0.6) is 0 Å². The van der Waals surface area contributed by atoms with E-state index in [0.29, 0.717) is 11.6 Å². The van der Waals surface area contributed by atoms with Crippen LogP contribution >= 0.6 is 0 Å². The summed E-state index contributed by atoms with van der Waals surface area (Å²) in [5, 5.41) is 3.04. The molecule has 3 rings (SSSR count). The standard InChI is InChI=1S/C18H17N3OS/c1-19-17-12-15(13-23(22)16-10-6-3-7-11-16)20-18(21-17)14-8-4-2-5-9-14/h2-12H,13H2,1H3,(H,19,20,21)/t23-/m1/s1. The molecule has 0 saturated heterocycles. The molecule has 0 spiro atoms. The molecule has 116 valence electrons. The predicted molar refractivity (Wildman–Crippen MR) is 93.6 cm³/mol. The van der Waals surface area contributed by atoms with Crippen molar-refractivity contribution in [3.8, 4) is 11.4 Å². The Hall–Kier alpha value is -2.53. The molecule has 1 aromatic heterocycles. The van der Waals surface area contributed by atoms with Crippen molar-refractivity contribution in [3.05, 3.63) is 72.4 Å². The Kier molecular flexibility index (Phi) is 4.78. The Bertz CT molecular complexity index is 807. The van der Waals surface area contributed by atoms with Crippen molar-refractivity contribution in [1.82, 2.24) is 9.97 Å². The van der Waals surface area contributed by atoms with Gasteiger partial charge < -0.3 is 5.32 Å². The Morgan fingerprint density at radius 1 is 0.957 bits per heavy atom. The average Bonchev–Trinajstić information content (AvgIpc) is 2.63. The molecule has 0 saturated carbocycles. The minimum absolute atomic E-state index is 0.362. The second kappa shape index (κ2) is 7.15. The van der Waals surface area contributed by atoms with Crippen molar-refractivity contribution in [3.63, 3.8) is 0 Å². The van der Waals surface area contributed by atoms with Crippen LogP contribution in [-0.4, -0.2) is 21.2 Å². The smallest absolute Gasteiger partial charge is 0.161 e. The third kappa shape index (κ3) is 3.81. The van der Waals surface area contributed by atoms with E-state index in [4.69, 9.17) is 0 Å². The molecule has 4 nitrogen and oxygen atoms in total. The number of hydrogen-bond acceptors (Lipinski definition) is 4. The number of hydrogen-bond donors (Lipinski definition) is 1. The highest BCUT2D eigenvalue weighted by Gasteiger charge is 2.10. The van der Waals surface area contributed by atoms with Gasteiger partial charge in [0.15, 0.2) is 5.82 Å². The second-order valence-corrected chi connectivity index (χ2v) is 6.44. The lowest BCUT2D eigenvalue weighted by molar-refractivity contribution is 0.682. The predicted octanol–water partition coefficient (Wildman–Crippen LogP) is 3.49. The monoisotopic (exact) mass is 323 g/mol. The molecule has 2 aromatic carbocycles. The number of anilines is 1. The Labute approximate surface area is 138 Å². The summed E-state index contributed by atoms with van der Waals surface area (Å²) in [4.78, 5) is 9.86. The molecule has 0 aliphatic carbocycles. The zero-order valence-electron chi connectivity index (χ0n) is 12.8. The molecule has 0 aliphatic heterocycles. The third-order valence-corrected chi connectivity index (χ3v) is 4.71. The van der Waals surface area contributed by atoms with Crippen LogP contribution in [-0.2, 0) is 16.6 Å². The number of nitrogens with one attached hydrogen (secondary N) is 1. The van der Waals surface area contributed by atoms with Crippen molar-refractivity contribution < 1.29 is 4.21 Å². The fraction of sp³-hybridized carbons (Fsp3) is 0.111. The van der Waals surface area contributed by atoms with E-state index in [1.165, 1.54) is 0 Å². The summed E-state index contributed by atoms with van der Waals surface area (Å²) < 4.78 is 12.5. The average molecular weight is 323 g/mol. The molecular formula is C18H17N3OS. The van der Waals surface area contributed by atoms with Crippen molar-refractivity contribution in [1.29, 1.82) is 0 Å². The van der Waals surface area contributed by atoms with E-state index in [-0.39, 0.29) is 0 Å². The fourth-order valence-corrected chi connectivity index (χ4v) is 3.25. The number of nitrogens with zero attached hydrogens (tertiary/aromatic N) is 2. The summed E-state index contributed by atoms with van der Waals surface area (Å²) in [6, 6.07) is 21.1. The molecule has 0 radical (unpaired) electrons. The summed E-state index contributed by atoms with van der Waals surface area (Å²) >= 11 is 0. The molecule has 0 amide bonds. The molecule has 5 heteroatoms. The van der Waals surface area contributed by atoms with Gasteiger partial charge in [-0.1, -0.05) is 48.5 Å². The van der Waals surface area contributed by atoms with E-state index in [1.54, 1.807) is 0 Å². The molecule has 0 bridgehead atoms. The lowest BCUT2D eigenvalue weighted by Crippen LogP contribution is -2.04. The molecule has 3 aromatic rings. The van der Waals surface area contributed by atoms with Gasteiger partial charge in [-0.3, -0.25) is 4.21 Å². The first-order valence-corrected chi connectivity index (χ1v) is 8.63. The summed E-state index contributed by atoms with van der Waals surface area (Å²) in [5.74, 6) is 1.72. The maximum atomic E-state index is 12.5. The van der Waals surface area contributed by atoms with Gasteiger partial charge in [-0.25, -0.2) is 9.97 Å². The van der Waals surface area contributed by atoms with Crippen molar-refractivity contribution >= 4 is 16.6 Å².